The normalized spacial score (nSPS) is 20.2. The van der Waals surface area contributed by atoms with Crippen LogP contribution in [-0.2, 0) is 63.2 Å². The zero-order valence-electron chi connectivity index (χ0n) is 29.5. The molecule has 3 heterocycles. The third-order valence-corrected chi connectivity index (χ3v) is 11.9. The van der Waals surface area contributed by atoms with Crippen molar-refractivity contribution in [1.82, 2.24) is 0 Å². The number of hydrogen-bond acceptors (Lipinski definition) is 19. The molecule has 3 rings (SSSR count). The Hall–Kier alpha value is -0.631. The monoisotopic (exact) mass is 934 g/mol. The van der Waals surface area contributed by atoms with Crippen LogP contribution in [0.1, 0.15) is 6.92 Å². The number of aliphatic hydroxyl groups excluding tert-OH is 5. The van der Waals surface area contributed by atoms with E-state index >= 15 is 0 Å². The summed E-state index contributed by atoms with van der Waals surface area (Å²) in [5.74, 6) is 0. The molecule has 0 saturated carbocycles. The van der Waals surface area contributed by atoms with Crippen molar-refractivity contribution in [3.05, 3.63) is 25.3 Å². The zero-order chi connectivity index (χ0) is 40.8. The van der Waals surface area contributed by atoms with E-state index in [2.05, 4.69) is 22.9 Å². The van der Waals surface area contributed by atoms with Crippen molar-refractivity contribution < 1.29 is 98.5 Å². The molecule has 0 spiro atoms. The molecule has 25 heteroatoms. The SMILES string of the molecule is C=CCOCC(O)COCC(O)COC(CO)COCC1CO1.C=CCOCC1CO1.CCO.CS(=O)(=O)[O][Sn][O]S(=O)(=O)C(F)(F)F.OCC1CO1. The zero-order valence-corrected chi connectivity index (χ0v) is 34.0. The van der Waals surface area contributed by atoms with Gasteiger partial charge in [0, 0.05) is 6.61 Å². The van der Waals surface area contributed by atoms with Crippen molar-refractivity contribution in [2.75, 3.05) is 105 Å². The topological polar surface area (TPSA) is 272 Å². The van der Waals surface area contributed by atoms with Gasteiger partial charge in [-0.1, -0.05) is 12.2 Å². The van der Waals surface area contributed by atoms with Crippen molar-refractivity contribution in [1.29, 1.82) is 0 Å². The van der Waals surface area contributed by atoms with Crippen molar-refractivity contribution in [3.63, 3.8) is 0 Å². The minimum absolute atomic E-state index is 0.0115. The van der Waals surface area contributed by atoms with Crippen molar-refractivity contribution >= 4 is 42.2 Å². The Morgan fingerprint density at radius 3 is 1.62 bits per heavy atom. The summed E-state index contributed by atoms with van der Waals surface area (Å²) in [5.41, 5.74) is -5.56. The fraction of sp³-hybridized carbons (Fsp3) is 0.857. The third-order valence-electron chi connectivity index (χ3n) is 5.06. The van der Waals surface area contributed by atoms with Crippen LogP contribution in [0.2, 0.25) is 0 Å². The van der Waals surface area contributed by atoms with Gasteiger partial charge in [0.2, 0.25) is 0 Å². The van der Waals surface area contributed by atoms with Crippen LogP contribution in [0, 0.1) is 0 Å². The van der Waals surface area contributed by atoms with E-state index in [9.17, 15) is 40.2 Å². The molecule has 3 fully saturated rings. The first-order valence-electron chi connectivity index (χ1n) is 15.7. The molecule has 0 amide bonds. The van der Waals surface area contributed by atoms with Crippen molar-refractivity contribution in [2.24, 2.45) is 0 Å². The Balaban J connectivity index is 0. The van der Waals surface area contributed by atoms with Crippen LogP contribution < -0.4 is 0 Å². The molecule has 0 aromatic heterocycles. The summed E-state index contributed by atoms with van der Waals surface area (Å²) < 4.78 is 123. The van der Waals surface area contributed by atoms with E-state index in [0.29, 0.717) is 38.8 Å². The van der Waals surface area contributed by atoms with Crippen LogP contribution in [0.4, 0.5) is 13.2 Å². The van der Waals surface area contributed by atoms with E-state index in [4.69, 9.17) is 48.5 Å². The van der Waals surface area contributed by atoms with Crippen LogP contribution in [0.3, 0.4) is 0 Å². The van der Waals surface area contributed by atoms with E-state index in [0.717, 1.165) is 19.8 Å². The Morgan fingerprint density at radius 2 is 1.23 bits per heavy atom. The van der Waals surface area contributed by atoms with Gasteiger partial charge in [0.25, 0.3) is 0 Å². The Labute approximate surface area is 319 Å². The molecule has 5 N–H and O–H groups in total. The van der Waals surface area contributed by atoms with Gasteiger partial charge in [-0.3, -0.25) is 0 Å². The fourth-order valence-electron chi connectivity index (χ4n) is 2.41. The van der Waals surface area contributed by atoms with Crippen LogP contribution in [0.15, 0.2) is 25.3 Å². The maximum Gasteiger partial charge on any atom is 0.104 e. The fourth-order valence-corrected chi connectivity index (χ4v) is 6.17. The summed E-state index contributed by atoms with van der Waals surface area (Å²) in [5, 5.41) is 44.1. The molecule has 19 nitrogen and oxygen atoms in total. The molecule has 6 unspecified atom stereocenters. The number of epoxide rings is 3. The van der Waals surface area contributed by atoms with Gasteiger partial charge in [-0.2, -0.15) is 0 Å². The molecule has 3 aliphatic heterocycles. The van der Waals surface area contributed by atoms with Crippen LogP contribution in [0.5, 0.6) is 0 Å². The average molecular weight is 934 g/mol. The second-order valence-corrected chi connectivity index (χ2v) is 16.8. The van der Waals surface area contributed by atoms with Gasteiger partial charge in [0.15, 0.2) is 0 Å². The number of rotatable bonds is 25. The summed E-state index contributed by atoms with van der Waals surface area (Å²) in [6, 6.07) is 0. The van der Waals surface area contributed by atoms with E-state index in [-0.39, 0.29) is 65.1 Å². The molecule has 0 bridgehead atoms. The number of hydrogen-bond donors (Lipinski definition) is 5. The molecule has 316 valence electrons. The second kappa shape index (κ2) is 32.5. The van der Waals surface area contributed by atoms with E-state index in [1.165, 1.54) is 0 Å². The molecule has 0 aromatic rings. The third kappa shape index (κ3) is 39.4. The van der Waals surface area contributed by atoms with Gasteiger partial charge in [-0.15, -0.1) is 13.2 Å². The minimum Gasteiger partial charge on any atom is -0.394 e. The molecule has 53 heavy (non-hydrogen) atoms. The summed E-state index contributed by atoms with van der Waals surface area (Å²) in [7, 11) is -9.71. The smallest absolute Gasteiger partial charge is 0.104 e. The Kier molecular flexibility index (Phi) is 33.4. The first kappa shape index (κ1) is 54.5. The van der Waals surface area contributed by atoms with Gasteiger partial charge in [-0.05, 0) is 6.92 Å². The van der Waals surface area contributed by atoms with Gasteiger partial charge >= 0.3 is 89.0 Å². The van der Waals surface area contributed by atoms with Gasteiger partial charge in [0.1, 0.15) is 36.6 Å². The van der Waals surface area contributed by atoms with Crippen LogP contribution in [0.25, 0.3) is 0 Å². The largest absolute Gasteiger partial charge is 0.394 e. The Morgan fingerprint density at radius 1 is 0.774 bits per heavy atom. The summed E-state index contributed by atoms with van der Waals surface area (Å²) in [6.07, 6.45) is 2.53. The first-order valence-corrected chi connectivity index (χ1v) is 21.3. The quantitative estimate of drug-likeness (QED) is 0.0219. The number of alkyl halides is 3. The number of aliphatic hydroxyl groups is 5. The number of ether oxygens (including phenoxy) is 8. The number of halogens is 3. The summed E-state index contributed by atoms with van der Waals surface area (Å²) in [6.45, 7) is 14.0. The van der Waals surface area contributed by atoms with Gasteiger partial charge < -0.3 is 63.4 Å². The van der Waals surface area contributed by atoms with E-state index < -0.39 is 66.0 Å². The molecule has 0 aliphatic carbocycles. The summed E-state index contributed by atoms with van der Waals surface area (Å²) in [4.78, 5) is 0. The second-order valence-electron chi connectivity index (χ2n) is 10.4. The summed E-state index contributed by atoms with van der Waals surface area (Å²) >= 11 is -3.05. The van der Waals surface area contributed by atoms with Gasteiger partial charge in [-0.25, -0.2) is 0 Å². The predicted octanol–water partition coefficient (Wildman–Crippen LogP) is -1.95. The van der Waals surface area contributed by atoms with E-state index in [1.54, 1.807) is 19.1 Å². The van der Waals surface area contributed by atoms with Crippen molar-refractivity contribution in [2.45, 2.75) is 49.1 Å². The van der Waals surface area contributed by atoms with Crippen LogP contribution >= 0.6 is 0 Å². The Bertz CT molecular complexity index is 1110. The van der Waals surface area contributed by atoms with Crippen LogP contribution in [-0.4, -0.2) is 212 Å². The standard InChI is InChI=1S/C15H28O8.C6H10O2.C3H6O2.C2H6O.CHF3O3S.CH4O3S.Sn/c1-2-3-19-5-12(17)6-20-7-13(18)8-22-14(4-16)9-21-10-15-11-23-15;1-2-3-7-4-6-5-8-6;4-1-3-2-5-3;1-2-3;2-1(3,4)8(5,6)7;1-5(2,3)4;/h2,12-18H,1,3-11H2;2,6H,1,3-5H2;3-4H,1-2H2;3H,2H2,1H3;(H,5,6,7);1H3,(H,2,3,4);/q;;;;;;+2/p-2. The molecule has 3 aliphatic rings. The molecule has 6 atom stereocenters. The van der Waals surface area contributed by atoms with Gasteiger partial charge in [0.05, 0.1) is 92.5 Å². The maximum atomic E-state index is 11.6. The molecular weight excluding hydrogens is 880 g/mol. The minimum atomic E-state index is -5.73. The first-order chi connectivity index (χ1) is 24.9. The molecular formula is C28H53F3O19S2Sn. The maximum absolute atomic E-state index is 11.6. The predicted molar refractivity (Wildman–Crippen MR) is 179 cm³/mol. The van der Waals surface area contributed by atoms with E-state index in [1.807, 2.05) is 0 Å². The molecule has 3 saturated heterocycles. The average Bonchev–Trinajstić information content (AvgIpc) is 3.90. The van der Waals surface area contributed by atoms with Crippen molar-refractivity contribution in [3.8, 4) is 0 Å². The molecule has 2 radical (unpaired) electrons. The molecule has 0 aromatic carbocycles.